The number of hydrogen-bond donors (Lipinski definition) is 1. The van der Waals surface area contributed by atoms with Crippen molar-refractivity contribution in [3.8, 4) is 0 Å². The van der Waals surface area contributed by atoms with Crippen molar-refractivity contribution in [2.24, 2.45) is 0 Å². The first-order chi connectivity index (χ1) is 8.08. The number of imide groups is 1. The Morgan fingerprint density at radius 2 is 2.00 bits per heavy atom. The van der Waals surface area contributed by atoms with Crippen LogP contribution in [-0.2, 0) is 16.1 Å². The second-order valence-electron chi connectivity index (χ2n) is 4.06. The Labute approximate surface area is 108 Å². The van der Waals surface area contributed by atoms with E-state index < -0.39 is 0 Å². The molecular weight excluding hydrogens is 284 g/mol. The Kier molecular flexibility index (Phi) is 3.59. The summed E-state index contributed by atoms with van der Waals surface area (Å²) in [4.78, 5) is 24.1. The zero-order valence-corrected chi connectivity index (χ0v) is 11.0. The summed E-state index contributed by atoms with van der Waals surface area (Å²) in [5, 5.41) is 3.10. The van der Waals surface area contributed by atoms with E-state index in [1.807, 2.05) is 24.3 Å². The van der Waals surface area contributed by atoms with Gasteiger partial charge in [0.05, 0.1) is 12.5 Å². The van der Waals surface area contributed by atoms with E-state index in [0.717, 1.165) is 10.0 Å². The molecule has 0 radical (unpaired) electrons. The first-order valence-corrected chi connectivity index (χ1v) is 6.15. The Morgan fingerprint density at radius 1 is 1.35 bits per heavy atom. The lowest BCUT2D eigenvalue weighted by atomic mass is 10.2. The highest BCUT2D eigenvalue weighted by atomic mass is 79.9. The van der Waals surface area contributed by atoms with Gasteiger partial charge in [-0.15, -0.1) is 0 Å². The van der Waals surface area contributed by atoms with Crippen molar-refractivity contribution < 1.29 is 9.59 Å². The predicted octanol–water partition coefficient (Wildman–Crippen LogP) is 1.30. The zero-order chi connectivity index (χ0) is 12.4. The van der Waals surface area contributed by atoms with Crippen LogP contribution in [-0.4, -0.2) is 29.8 Å². The van der Waals surface area contributed by atoms with Gasteiger partial charge in [0.15, 0.2) is 0 Å². The van der Waals surface area contributed by atoms with Gasteiger partial charge in [-0.25, -0.2) is 0 Å². The van der Waals surface area contributed by atoms with Crippen LogP contribution in [0.15, 0.2) is 28.7 Å². The van der Waals surface area contributed by atoms with Gasteiger partial charge in [-0.3, -0.25) is 14.5 Å². The molecule has 1 atom stereocenters. The van der Waals surface area contributed by atoms with E-state index >= 15 is 0 Å². The number of likely N-dealkylation sites (N-methyl/N-ethyl adjacent to an activating group) is 1. The summed E-state index contributed by atoms with van der Waals surface area (Å²) < 4.78 is 1.02. The fraction of sp³-hybridized carbons (Fsp3) is 0.333. The molecule has 0 bridgehead atoms. The van der Waals surface area contributed by atoms with Crippen LogP contribution < -0.4 is 5.32 Å². The maximum Gasteiger partial charge on any atom is 0.246 e. The van der Waals surface area contributed by atoms with Crippen molar-refractivity contribution in [1.29, 1.82) is 0 Å². The molecule has 1 saturated heterocycles. The Hall–Kier alpha value is -1.20. The normalized spacial score (nSPS) is 20.1. The minimum absolute atomic E-state index is 0.122. The fourth-order valence-corrected chi connectivity index (χ4v) is 2.02. The van der Waals surface area contributed by atoms with Crippen LogP contribution in [0.4, 0.5) is 0 Å². The minimum Gasteiger partial charge on any atom is -0.301 e. The lowest BCUT2D eigenvalue weighted by Gasteiger charge is -2.10. The molecular formula is C12H13BrN2O2. The van der Waals surface area contributed by atoms with Gasteiger partial charge in [-0.2, -0.15) is 0 Å². The maximum atomic E-state index is 11.6. The van der Waals surface area contributed by atoms with E-state index in [0.29, 0.717) is 6.54 Å². The van der Waals surface area contributed by atoms with Crippen LogP contribution in [0, 0.1) is 0 Å². The van der Waals surface area contributed by atoms with Gasteiger partial charge in [0.1, 0.15) is 0 Å². The van der Waals surface area contributed by atoms with E-state index in [-0.39, 0.29) is 24.3 Å². The molecule has 1 heterocycles. The van der Waals surface area contributed by atoms with Crippen LogP contribution in [0.1, 0.15) is 12.0 Å². The van der Waals surface area contributed by atoms with Gasteiger partial charge in [-0.05, 0) is 17.7 Å². The highest BCUT2D eigenvalue weighted by molar-refractivity contribution is 9.10. The number of rotatable bonds is 3. The van der Waals surface area contributed by atoms with E-state index in [2.05, 4.69) is 21.2 Å². The number of halogens is 1. The highest BCUT2D eigenvalue weighted by Crippen LogP contribution is 2.13. The topological polar surface area (TPSA) is 49.4 Å². The van der Waals surface area contributed by atoms with E-state index in [9.17, 15) is 9.59 Å². The van der Waals surface area contributed by atoms with Crippen LogP contribution in [0.3, 0.4) is 0 Å². The van der Waals surface area contributed by atoms with Crippen molar-refractivity contribution in [1.82, 2.24) is 10.2 Å². The summed E-state index contributed by atoms with van der Waals surface area (Å²) >= 11 is 3.36. The molecule has 90 valence electrons. The van der Waals surface area contributed by atoms with Gasteiger partial charge < -0.3 is 5.32 Å². The quantitative estimate of drug-likeness (QED) is 0.856. The van der Waals surface area contributed by atoms with Gasteiger partial charge in [-0.1, -0.05) is 28.1 Å². The summed E-state index contributed by atoms with van der Waals surface area (Å²) in [5.74, 6) is -0.268. The first kappa shape index (κ1) is 12.3. The molecule has 1 aliphatic heterocycles. The van der Waals surface area contributed by atoms with Crippen LogP contribution >= 0.6 is 15.9 Å². The molecule has 1 aromatic rings. The van der Waals surface area contributed by atoms with Gasteiger partial charge in [0, 0.05) is 18.1 Å². The number of carbonyl (C=O) groups is 2. The third kappa shape index (κ3) is 2.73. The standard InChI is InChI=1S/C12H13BrN2O2/c1-15-11(16)6-10(12(15)17)14-7-8-2-4-9(13)5-3-8/h2-5,10,14H,6-7H2,1H3. The van der Waals surface area contributed by atoms with Gasteiger partial charge >= 0.3 is 0 Å². The number of hydrogen-bond acceptors (Lipinski definition) is 3. The SMILES string of the molecule is CN1C(=O)CC(NCc2ccc(Br)cc2)C1=O. The molecule has 0 saturated carbocycles. The van der Waals surface area contributed by atoms with Crippen LogP contribution in [0.5, 0.6) is 0 Å². The largest absolute Gasteiger partial charge is 0.301 e. The van der Waals surface area contributed by atoms with E-state index in [1.54, 1.807) is 0 Å². The lowest BCUT2D eigenvalue weighted by Crippen LogP contribution is -2.36. The number of amides is 2. The van der Waals surface area contributed by atoms with Crippen molar-refractivity contribution >= 4 is 27.7 Å². The second-order valence-corrected chi connectivity index (χ2v) is 4.97. The van der Waals surface area contributed by atoms with E-state index in [1.165, 1.54) is 11.9 Å². The van der Waals surface area contributed by atoms with Gasteiger partial charge in [0.25, 0.3) is 0 Å². The minimum atomic E-state index is -0.379. The van der Waals surface area contributed by atoms with Crippen molar-refractivity contribution in [3.05, 3.63) is 34.3 Å². The molecule has 1 N–H and O–H groups in total. The van der Waals surface area contributed by atoms with Crippen LogP contribution in [0.2, 0.25) is 0 Å². The molecule has 1 aromatic carbocycles. The summed E-state index contributed by atoms with van der Waals surface area (Å²) in [5.41, 5.74) is 1.09. The fourth-order valence-electron chi connectivity index (χ4n) is 1.76. The lowest BCUT2D eigenvalue weighted by molar-refractivity contribution is -0.137. The predicted molar refractivity (Wildman–Crippen MR) is 67.2 cm³/mol. The summed E-state index contributed by atoms with van der Waals surface area (Å²) in [7, 11) is 1.52. The molecule has 0 aliphatic carbocycles. The Bertz CT molecular complexity index is 444. The zero-order valence-electron chi connectivity index (χ0n) is 9.44. The smallest absolute Gasteiger partial charge is 0.246 e. The number of nitrogens with zero attached hydrogens (tertiary/aromatic N) is 1. The molecule has 4 nitrogen and oxygen atoms in total. The molecule has 0 aromatic heterocycles. The van der Waals surface area contributed by atoms with Crippen molar-refractivity contribution in [2.45, 2.75) is 19.0 Å². The van der Waals surface area contributed by atoms with Crippen molar-refractivity contribution in [2.75, 3.05) is 7.05 Å². The Morgan fingerprint density at radius 3 is 2.53 bits per heavy atom. The number of likely N-dealkylation sites (tertiary alicyclic amines) is 1. The average molecular weight is 297 g/mol. The molecule has 5 heteroatoms. The molecule has 1 unspecified atom stereocenters. The van der Waals surface area contributed by atoms with E-state index in [4.69, 9.17) is 0 Å². The van der Waals surface area contributed by atoms with Gasteiger partial charge in [0.2, 0.25) is 11.8 Å². The molecule has 0 spiro atoms. The molecule has 17 heavy (non-hydrogen) atoms. The summed E-state index contributed by atoms with van der Waals surface area (Å²) in [6.45, 7) is 0.588. The Balaban J connectivity index is 1.93. The van der Waals surface area contributed by atoms with Crippen LogP contribution in [0.25, 0.3) is 0 Å². The monoisotopic (exact) mass is 296 g/mol. The third-order valence-corrected chi connectivity index (χ3v) is 3.38. The molecule has 2 rings (SSSR count). The maximum absolute atomic E-state index is 11.6. The number of nitrogens with one attached hydrogen (secondary N) is 1. The highest BCUT2D eigenvalue weighted by Gasteiger charge is 2.35. The molecule has 1 fully saturated rings. The first-order valence-electron chi connectivity index (χ1n) is 5.36. The summed E-state index contributed by atoms with van der Waals surface area (Å²) in [6, 6.07) is 7.47. The van der Waals surface area contributed by atoms with Crippen molar-refractivity contribution in [3.63, 3.8) is 0 Å². The second kappa shape index (κ2) is 4.98. The summed E-state index contributed by atoms with van der Waals surface area (Å²) in [6.07, 6.45) is 0.256. The third-order valence-electron chi connectivity index (χ3n) is 2.85. The average Bonchev–Trinajstić information content (AvgIpc) is 2.56. The molecule has 2 amide bonds. The number of benzene rings is 1. The number of carbonyl (C=O) groups excluding carboxylic acids is 2. The molecule has 1 aliphatic rings.